The summed E-state index contributed by atoms with van der Waals surface area (Å²) in [6.07, 6.45) is 0.658. The summed E-state index contributed by atoms with van der Waals surface area (Å²) in [5, 5.41) is 2.60. The summed E-state index contributed by atoms with van der Waals surface area (Å²) in [6.45, 7) is 2.41. The van der Waals surface area contributed by atoms with Gasteiger partial charge in [-0.1, -0.05) is 18.2 Å². The predicted octanol–water partition coefficient (Wildman–Crippen LogP) is 2.46. The Kier molecular flexibility index (Phi) is 7.20. The van der Waals surface area contributed by atoms with Crippen LogP contribution in [0.2, 0.25) is 0 Å². The van der Waals surface area contributed by atoms with Crippen LogP contribution in [-0.2, 0) is 14.8 Å². The topological polar surface area (TPSA) is 87.7 Å². The number of amides is 1. The standard InChI is InChI=1S/C19H25N3O4S/c1-15(23)21-18-11-10-17(14-19(18)26-3)27(24,25)20-12-7-13-22(2)16-8-5-4-6-9-16/h4-6,8-11,14,20H,7,12-13H2,1-3H3,(H,21,23). The van der Waals surface area contributed by atoms with Crippen LogP contribution in [0.1, 0.15) is 13.3 Å². The zero-order valence-electron chi connectivity index (χ0n) is 15.7. The highest BCUT2D eigenvalue weighted by atomic mass is 32.2. The molecule has 0 bridgehead atoms. The zero-order valence-corrected chi connectivity index (χ0v) is 16.5. The van der Waals surface area contributed by atoms with E-state index in [9.17, 15) is 13.2 Å². The van der Waals surface area contributed by atoms with Crippen LogP contribution in [0.25, 0.3) is 0 Å². The number of hydrogen-bond acceptors (Lipinski definition) is 5. The molecule has 1 amide bonds. The van der Waals surface area contributed by atoms with Crippen molar-refractivity contribution in [2.45, 2.75) is 18.2 Å². The highest BCUT2D eigenvalue weighted by Gasteiger charge is 2.16. The minimum Gasteiger partial charge on any atom is -0.495 e. The Labute approximate surface area is 160 Å². The molecule has 146 valence electrons. The highest BCUT2D eigenvalue weighted by molar-refractivity contribution is 7.89. The fourth-order valence-corrected chi connectivity index (χ4v) is 3.64. The first-order chi connectivity index (χ1) is 12.8. The van der Waals surface area contributed by atoms with E-state index in [1.54, 1.807) is 0 Å². The number of hydrogen-bond donors (Lipinski definition) is 2. The average Bonchev–Trinajstić information content (AvgIpc) is 2.65. The van der Waals surface area contributed by atoms with Gasteiger partial charge in [-0.2, -0.15) is 0 Å². The summed E-state index contributed by atoms with van der Waals surface area (Å²) < 4.78 is 32.7. The fourth-order valence-electron chi connectivity index (χ4n) is 2.55. The van der Waals surface area contributed by atoms with E-state index in [1.165, 1.54) is 32.2 Å². The summed E-state index contributed by atoms with van der Waals surface area (Å²) in [5.74, 6) is 0.0291. The fraction of sp³-hybridized carbons (Fsp3) is 0.316. The molecule has 7 nitrogen and oxygen atoms in total. The maximum absolute atomic E-state index is 12.5. The number of benzene rings is 2. The lowest BCUT2D eigenvalue weighted by Gasteiger charge is -2.19. The second-order valence-corrected chi connectivity index (χ2v) is 7.82. The third-order valence-electron chi connectivity index (χ3n) is 3.95. The van der Waals surface area contributed by atoms with Crippen LogP contribution in [0, 0.1) is 0 Å². The Balaban J connectivity index is 1.95. The first kappa shape index (κ1) is 20.7. The molecule has 0 spiro atoms. The molecule has 0 unspecified atom stereocenters. The number of para-hydroxylation sites is 1. The normalized spacial score (nSPS) is 11.1. The molecule has 8 heteroatoms. The molecule has 27 heavy (non-hydrogen) atoms. The van der Waals surface area contributed by atoms with Gasteiger partial charge in [0.15, 0.2) is 0 Å². The molecule has 0 aliphatic heterocycles. The van der Waals surface area contributed by atoms with Crippen LogP contribution in [-0.4, -0.2) is 41.6 Å². The molecule has 0 saturated carbocycles. The van der Waals surface area contributed by atoms with Crippen molar-refractivity contribution in [2.24, 2.45) is 0 Å². The first-order valence-corrected chi connectivity index (χ1v) is 10.0. The largest absolute Gasteiger partial charge is 0.495 e. The molecule has 2 N–H and O–H groups in total. The van der Waals surface area contributed by atoms with E-state index in [4.69, 9.17) is 4.74 Å². The quantitative estimate of drug-likeness (QED) is 0.641. The van der Waals surface area contributed by atoms with Crippen LogP contribution in [0.5, 0.6) is 5.75 Å². The minimum atomic E-state index is -3.66. The maximum atomic E-state index is 12.5. The molecular formula is C19H25N3O4S. The second kappa shape index (κ2) is 9.38. The minimum absolute atomic E-state index is 0.0878. The van der Waals surface area contributed by atoms with Crippen molar-refractivity contribution < 1.29 is 17.9 Å². The van der Waals surface area contributed by atoms with Gasteiger partial charge in [0.25, 0.3) is 0 Å². The summed E-state index contributed by atoms with van der Waals surface area (Å²) in [5.41, 5.74) is 1.51. The summed E-state index contributed by atoms with van der Waals surface area (Å²) >= 11 is 0. The number of carbonyl (C=O) groups excluding carboxylic acids is 1. The van der Waals surface area contributed by atoms with Gasteiger partial charge in [-0.15, -0.1) is 0 Å². The Morgan fingerprint density at radius 3 is 2.48 bits per heavy atom. The third-order valence-corrected chi connectivity index (χ3v) is 5.41. The van der Waals surface area contributed by atoms with Gasteiger partial charge in [0.1, 0.15) is 5.75 Å². The number of ether oxygens (including phenoxy) is 1. The van der Waals surface area contributed by atoms with Crippen molar-refractivity contribution in [1.29, 1.82) is 0 Å². The number of rotatable bonds is 9. The highest BCUT2D eigenvalue weighted by Crippen LogP contribution is 2.27. The SMILES string of the molecule is COc1cc(S(=O)(=O)NCCCN(C)c2ccccc2)ccc1NC(C)=O. The van der Waals surface area contributed by atoms with E-state index in [2.05, 4.69) is 14.9 Å². The lowest BCUT2D eigenvalue weighted by Crippen LogP contribution is -2.28. The van der Waals surface area contributed by atoms with Gasteiger partial charge in [-0.05, 0) is 30.7 Å². The van der Waals surface area contributed by atoms with Crippen LogP contribution in [0.15, 0.2) is 53.4 Å². The molecule has 0 aliphatic carbocycles. The van der Waals surface area contributed by atoms with Gasteiger partial charge in [-0.3, -0.25) is 4.79 Å². The lowest BCUT2D eigenvalue weighted by molar-refractivity contribution is -0.114. The third kappa shape index (κ3) is 5.97. The molecule has 2 aromatic rings. The Morgan fingerprint density at radius 2 is 1.85 bits per heavy atom. The van der Waals surface area contributed by atoms with Gasteiger partial charge in [0, 0.05) is 38.8 Å². The number of nitrogens with one attached hydrogen (secondary N) is 2. The van der Waals surface area contributed by atoms with Gasteiger partial charge >= 0.3 is 0 Å². The molecule has 0 heterocycles. The van der Waals surface area contributed by atoms with Gasteiger partial charge in [0.05, 0.1) is 17.7 Å². The van der Waals surface area contributed by atoms with Crippen LogP contribution in [0.3, 0.4) is 0 Å². The molecule has 0 aromatic heterocycles. The number of sulfonamides is 1. The molecule has 2 aromatic carbocycles. The smallest absolute Gasteiger partial charge is 0.240 e. The zero-order chi connectivity index (χ0) is 19.9. The molecule has 0 atom stereocenters. The van der Waals surface area contributed by atoms with Crippen LogP contribution < -0.4 is 19.7 Å². The van der Waals surface area contributed by atoms with Crippen molar-refractivity contribution in [2.75, 3.05) is 37.5 Å². The number of methoxy groups -OCH3 is 1. The van der Waals surface area contributed by atoms with Gasteiger partial charge in [-0.25, -0.2) is 13.1 Å². The van der Waals surface area contributed by atoms with E-state index < -0.39 is 10.0 Å². The summed E-state index contributed by atoms with van der Waals surface area (Å²) in [7, 11) is -0.274. The Bertz CT molecular complexity index is 870. The number of anilines is 2. The first-order valence-electron chi connectivity index (χ1n) is 8.55. The molecule has 0 aliphatic rings. The summed E-state index contributed by atoms with van der Waals surface area (Å²) in [4.78, 5) is 13.4. The number of nitrogens with zero attached hydrogens (tertiary/aromatic N) is 1. The van der Waals surface area contributed by atoms with E-state index in [1.807, 2.05) is 37.4 Å². The van der Waals surface area contributed by atoms with E-state index in [0.29, 0.717) is 18.7 Å². The van der Waals surface area contributed by atoms with Crippen molar-refractivity contribution in [1.82, 2.24) is 4.72 Å². The van der Waals surface area contributed by atoms with E-state index in [0.717, 1.165) is 12.2 Å². The monoisotopic (exact) mass is 391 g/mol. The molecule has 2 rings (SSSR count). The molecule has 0 radical (unpaired) electrons. The molecule has 0 saturated heterocycles. The van der Waals surface area contributed by atoms with E-state index >= 15 is 0 Å². The van der Waals surface area contributed by atoms with Gasteiger partial charge in [0.2, 0.25) is 15.9 Å². The Hall–Kier alpha value is -2.58. The number of carbonyl (C=O) groups is 1. The Morgan fingerprint density at radius 1 is 1.15 bits per heavy atom. The van der Waals surface area contributed by atoms with Crippen LogP contribution in [0.4, 0.5) is 11.4 Å². The summed E-state index contributed by atoms with van der Waals surface area (Å²) in [6, 6.07) is 14.2. The maximum Gasteiger partial charge on any atom is 0.240 e. The van der Waals surface area contributed by atoms with Crippen LogP contribution >= 0.6 is 0 Å². The predicted molar refractivity (Wildman–Crippen MR) is 107 cm³/mol. The molecular weight excluding hydrogens is 366 g/mol. The lowest BCUT2D eigenvalue weighted by atomic mass is 10.3. The van der Waals surface area contributed by atoms with Crippen molar-refractivity contribution in [3.63, 3.8) is 0 Å². The van der Waals surface area contributed by atoms with Crippen molar-refractivity contribution >= 4 is 27.3 Å². The van der Waals surface area contributed by atoms with Crippen molar-refractivity contribution in [3.05, 3.63) is 48.5 Å². The van der Waals surface area contributed by atoms with Gasteiger partial charge < -0.3 is 15.0 Å². The average molecular weight is 391 g/mol. The van der Waals surface area contributed by atoms with Crippen molar-refractivity contribution in [3.8, 4) is 5.75 Å². The second-order valence-electron chi connectivity index (χ2n) is 6.05. The molecule has 0 fully saturated rings. The van der Waals surface area contributed by atoms with E-state index in [-0.39, 0.29) is 16.6 Å².